The van der Waals surface area contributed by atoms with Gasteiger partial charge in [-0.25, -0.2) is 9.97 Å². The molecule has 1 N–H and O–H groups in total. The van der Waals surface area contributed by atoms with Gasteiger partial charge in [0.2, 0.25) is 0 Å². The van der Waals surface area contributed by atoms with Crippen LogP contribution in [0.4, 0.5) is 0 Å². The van der Waals surface area contributed by atoms with E-state index in [-0.39, 0.29) is 5.41 Å². The van der Waals surface area contributed by atoms with E-state index in [4.69, 9.17) is 9.97 Å². The summed E-state index contributed by atoms with van der Waals surface area (Å²) in [6, 6.07) is 10.4. The SMILES string of the molecule is CCNCc1c(C)nc(C(C)(C)c2ccccc2)nc1C. The standard InChI is InChI=1S/C18H25N3/c1-6-19-12-16-13(2)20-17(21-14(16)3)18(4,5)15-10-8-7-9-11-15/h7-11,19H,6,12H2,1-5H3. The van der Waals surface area contributed by atoms with Gasteiger partial charge in [0.25, 0.3) is 0 Å². The number of rotatable bonds is 5. The third kappa shape index (κ3) is 3.30. The Balaban J connectivity index is 2.41. The maximum absolute atomic E-state index is 4.78. The maximum atomic E-state index is 4.78. The molecule has 0 aliphatic rings. The normalized spacial score (nSPS) is 11.7. The summed E-state index contributed by atoms with van der Waals surface area (Å²) in [7, 11) is 0. The largest absolute Gasteiger partial charge is 0.313 e. The van der Waals surface area contributed by atoms with Crippen LogP contribution in [-0.4, -0.2) is 16.5 Å². The van der Waals surface area contributed by atoms with Crippen molar-refractivity contribution in [1.82, 2.24) is 15.3 Å². The highest BCUT2D eigenvalue weighted by Gasteiger charge is 2.27. The molecule has 0 atom stereocenters. The van der Waals surface area contributed by atoms with Crippen molar-refractivity contribution in [1.29, 1.82) is 0 Å². The Labute approximate surface area is 127 Å². The predicted octanol–water partition coefficient (Wildman–Crippen LogP) is 3.53. The first kappa shape index (κ1) is 15.6. The van der Waals surface area contributed by atoms with Crippen LogP contribution in [0.5, 0.6) is 0 Å². The molecule has 0 saturated carbocycles. The van der Waals surface area contributed by atoms with Gasteiger partial charge < -0.3 is 5.32 Å². The molecule has 0 unspecified atom stereocenters. The summed E-state index contributed by atoms with van der Waals surface area (Å²) < 4.78 is 0. The average Bonchev–Trinajstić information content (AvgIpc) is 2.47. The van der Waals surface area contributed by atoms with Crippen LogP contribution in [0.2, 0.25) is 0 Å². The van der Waals surface area contributed by atoms with Crippen molar-refractivity contribution >= 4 is 0 Å². The van der Waals surface area contributed by atoms with Crippen molar-refractivity contribution in [2.24, 2.45) is 0 Å². The van der Waals surface area contributed by atoms with Gasteiger partial charge in [0, 0.05) is 28.9 Å². The van der Waals surface area contributed by atoms with E-state index in [0.717, 1.165) is 30.3 Å². The summed E-state index contributed by atoms with van der Waals surface area (Å²) in [5.74, 6) is 0.893. The minimum atomic E-state index is -0.187. The van der Waals surface area contributed by atoms with Crippen LogP contribution in [0, 0.1) is 13.8 Å². The van der Waals surface area contributed by atoms with Gasteiger partial charge in [-0.15, -0.1) is 0 Å². The Bertz CT molecular complexity index is 580. The smallest absolute Gasteiger partial charge is 0.138 e. The minimum absolute atomic E-state index is 0.187. The molecular formula is C18H25N3. The molecule has 0 fully saturated rings. The fourth-order valence-electron chi connectivity index (χ4n) is 2.51. The molecule has 0 aliphatic carbocycles. The van der Waals surface area contributed by atoms with Crippen LogP contribution < -0.4 is 5.32 Å². The van der Waals surface area contributed by atoms with Gasteiger partial charge in [0.15, 0.2) is 0 Å². The molecule has 0 radical (unpaired) electrons. The number of nitrogens with zero attached hydrogens (tertiary/aromatic N) is 2. The zero-order valence-electron chi connectivity index (χ0n) is 13.7. The van der Waals surface area contributed by atoms with Crippen LogP contribution in [-0.2, 0) is 12.0 Å². The van der Waals surface area contributed by atoms with E-state index >= 15 is 0 Å². The molecular weight excluding hydrogens is 258 g/mol. The van der Waals surface area contributed by atoms with Crippen molar-refractivity contribution in [2.45, 2.75) is 46.6 Å². The molecule has 0 spiro atoms. The zero-order valence-corrected chi connectivity index (χ0v) is 13.7. The Morgan fingerprint density at radius 1 is 1.00 bits per heavy atom. The first-order valence-corrected chi connectivity index (χ1v) is 7.57. The molecule has 2 rings (SSSR count). The van der Waals surface area contributed by atoms with Crippen molar-refractivity contribution in [3.05, 3.63) is 58.7 Å². The number of nitrogens with one attached hydrogen (secondary N) is 1. The van der Waals surface area contributed by atoms with E-state index in [1.165, 1.54) is 11.1 Å². The second kappa shape index (κ2) is 6.35. The highest BCUT2D eigenvalue weighted by Crippen LogP contribution is 2.29. The Morgan fingerprint density at radius 2 is 1.57 bits per heavy atom. The first-order chi connectivity index (χ1) is 9.96. The first-order valence-electron chi connectivity index (χ1n) is 7.57. The Morgan fingerprint density at radius 3 is 2.10 bits per heavy atom. The topological polar surface area (TPSA) is 37.8 Å². The molecule has 1 aromatic carbocycles. The van der Waals surface area contributed by atoms with E-state index in [0.29, 0.717) is 0 Å². The van der Waals surface area contributed by atoms with E-state index < -0.39 is 0 Å². The molecule has 112 valence electrons. The number of aryl methyl sites for hydroxylation is 2. The van der Waals surface area contributed by atoms with Crippen LogP contribution in [0.1, 0.15) is 49.1 Å². The zero-order chi connectivity index (χ0) is 15.5. The van der Waals surface area contributed by atoms with E-state index in [9.17, 15) is 0 Å². The van der Waals surface area contributed by atoms with Crippen molar-refractivity contribution in [3.63, 3.8) is 0 Å². The molecule has 21 heavy (non-hydrogen) atoms. The molecule has 0 bridgehead atoms. The fourth-order valence-corrected chi connectivity index (χ4v) is 2.51. The summed E-state index contributed by atoms with van der Waals surface area (Å²) >= 11 is 0. The second-order valence-electron chi connectivity index (χ2n) is 5.97. The highest BCUT2D eigenvalue weighted by molar-refractivity contribution is 5.33. The Kier molecular flexibility index (Phi) is 4.73. The summed E-state index contributed by atoms with van der Waals surface area (Å²) in [5, 5.41) is 3.36. The van der Waals surface area contributed by atoms with Crippen molar-refractivity contribution in [2.75, 3.05) is 6.54 Å². The average molecular weight is 283 g/mol. The molecule has 0 saturated heterocycles. The van der Waals surface area contributed by atoms with E-state index in [2.05, 4.69) is 64.2 Å². The molecule has 2 aromatic rings. The highest BCUT2D eigenvalue weighted by atomic mass is 14.9. The molecule has 0 amide bonds. The lowest BCUT2D eigenvalue weighted by Crippen LogP contribution is -2.25. The van der Waals surface area contributed by atoms with Gasteiger partial charge in [-0.05, 0) is 39.8 Å². The number of benzene rings is 1. The van der Waals surface area contributed by atoms with Gasteiger partial charge in [0.1, 0.15) is 5.82 Å². The lowest BCUT2D eigenvalue weighted by atomic mass is 9.83. The fraction of sp³-hybridized carbons (Fsp3) is 0.444. The van der Waals surface area contributed by atoms with Crippen LogP contribution in [0.3, 0.4) is 0 Å². The van der Waals surface area contributed by atoms with Gasteiger partial charge in [-0.3, -0.25) is 0 Å². The second-order valence-corrected chi connectivity index (χ2v) is 5.97. The number of hydrogen-bond donors (Lipinski definition) is 1. The predicted molar refractivity (Wildman–Crippen MR) is 87.5 cm³/mol. The third-order valence-corrected chi connectivity index (χ3v) is 4.03. The maximum Gasteiger partial charge on any atom is 0.138 e. The minimum Gasteiger partial charge on any atom is -0.313 e. The van der Waals surface area contributed by atoms with Gasteiger partial charge >= 0.3 is 0 Å². The van der Waals surface area contributed by atoms with Crippen molar-refractivity contribution < 1.29 is 0 Å². The van der Waals surface area contributed by atoms with Crippen molar-refractivity contribution in [3.8, 4) is 0 Å². The summed E-state index contributed by atoms with van der Waals surface area (Å²) in [5.41, 5.74) is 4.41. The summed E-state index contributed by atoms with van der Waals surface area (Å²) in [6.45, 7) is 12.4. The number of hydrogen-bond acceptors (Lipinski definition) is 3. The number of aromatic nitrogens is 2. The van der Waals surface area contributed by atoms with Crippen LogP contribution >= 0.6 is 0 Å². The van der Waals surface area contributed by atoms with E-state index in [1.807, 2.05) is 6.07 Å². The summed E-state index contributed by atoms with van der Waals surface area (Å²) in [4.78, 5) is 9.57. The quantitative estimate of drug-likeness (QED) is 0.912. The Hall–Kier alpha value is -1.74. The molecule has 1 aromatic heterocycles. The van der Waals surface area contributed by atoms with Crippen LogP contribution in [0.15, 0.2) is 30.3 Å². The molecule has 3 heteroatoms. The van der Waals surface area contributed by atoms with Gasteiger partial charge in [-0.1, -0.05) is 37.3 Å². The lowest BCUT2D eigenvalue weighted by Gasteiger charge is -2.25. The van der Waals surface area contributed by atoms with E-state index in [1.54, 1.807) is 0 Å². The molecule has 0 aliphatic heterocycles. The van der Waals surface area contributed by atoms with Gasteiger partial charge in [0.05, 0.1) is 0 Å². The molecule has 1 heterocycles. The summed E-state index contributed by atoms with van der Waals surface area (Å²) in [6.07, 6.45) is 0. The third-order valence-electron chi connectivity index (χ3n) is 4.03. The lowest BCUT2D eigenvalue weighted by molar-refractivity contribution is 0.579. The van der Waals surface area contributed by atoms with Crippen LogP contribution in [0.25, 0.3) is 0 Å². The monoisotopic (exact) mass is 283 g/mol. The van der Waals surface area contributed by atoms with Gasteiger partial charge in [-0.2, -0.15) is 0 Å². The molecule has 3 nitrogen and oxygen atoms in total.